The van der Waals surface area contributed by atoms with Crippen LogP contribution in [0.1, 0.15) is 5.56 Å². The zero-order valence-corrected chi connectivity index (χ0v) is 13.8. The van der Waals surface area contributed by atoms with Crippen molar-refractivity contribution in [1.82, 2.24) is 0 Å². The molecule has 2 aromatic carbocycles. The quantitative estimate of drug-likeness (QED) is 0.781. The highest BCUT2D eigenvalue weighted by Crippen LogP contribution is 2.40. The van der Waals surface area contributed by atoms with E-state index in [4.69, 9.17) is 0 Å². The van der Waals surface area contributed by atoms with Crippen LogP contribution in [0.5, 0.6) is 0 Å². The van der Waals surface area contributed by atoms with Crippen molar-refractivity contribution in [3.63, 3.8) is 0 Å². The molecule has 0 aliphatic carbocycles. The van der Waals surface area contributed by atoms with E-state index >= 15 is 0 Å². The third-order valence-corrected chi connectivity index (χ3v) is 5.54. The molecule has 0 unspecified atom stereocenters. The third kappa shape index (κ3) is 2.46. The van der Waals surface area contributed by atoms with Gasteiger partial charge in [-0.15, -0.1) is 0 Å². The zero-order chi connectivity index (χ0) is 17.5. The number of rotatable bonds is 2. The van der Waals surface area contributed by atoms with Gasteiger partial charge in [-0.1, -0.05) is 18.2 Å². The Labute approximate surface area is 138 Å². The molecule has 1 aliphatic heterocycles. The van der Waals surface area contributed by atoms with Crippen LogP contribution in [0.2, 0.25) is 0 Å². The normalized spacial score (nSPS) is 15.5. The molecule has 5 nitrogen and oxygen atoms in total. The topological polar surface area (TPSA) is 63.7 Å². The zero-order valence-electron chi connectivity index (χ0n) is 13.0. The summed E-state index contributed by atoms with van der Waals surface area (Å²) in [6.07, 6.45) is 1.17. The highest BCUT2D eigenvalue weighted by atomic mass is 32.2. The highest BCUT2D eigenvalue weighted by Gasteiger charge is 2.36. The Morgan fingerprint density at radius 1 is 1.12 bits per heavy atom. The molecule has 1 heterocycles. The van der Waals surface area contributed by atoms with Gasteiger partial charge in [0.05, 0.1) is 23.4 Å². The van der Waals surface area contributed by atoms with Crippen molar-refractivity contribution in [2.24, 2.45) is 0 Å². The Kier molecular flexibility index (Phi) is 3.88. The second-order valence-electron chi connectivity index (χ2n) is 5.26. The van der Waals surface area contributed by atoms with Crippen molar-refractivity contribution in [2.45, 2.75) is 11.8 Å². The summed E-state index contributed by atoms with van der Waals surface area (Å²) in [4.78, 5) is 12.9. The summed E-state index contributed by atoms with van der Waals surface area (Å²) in [6, 6.07) is 10.4. The second-order valence-corrected chi connectivity index (χ2v) is 7.14. The molecule has 124 valence electrons. The lowest BCUT2D eigenvalue weighted by Crippen LogP contribution is -2.26. The SMILES string of the molecule is COC(=O)C1=CN(c2cc(F)ccc2C)c2ccccc2S1(=O)=O. The number of benzene rings is 2. The maximum absolute atomic E-state index is 13.7. The van der Waals surface area contributed by atoms with E-state index in [1.165, 1.54) is 29.3 Å². The maximum Gasteiger partial charge on any atom is 0.351 e. The Morgan fingerprint density at radius 2 is 1.83 bits per heavy atom. The summed E-state index contributed by atoms with van der Waals surface area (Å²) in [7, 11) is -2.90. The molecule has 0 bridgehead atoms. The monoisotopic (exact) mass is 347 g/mol. The molecule has 1 aliphatic rings. The molecule has 0 amide bonds. The number of esters is 1. The van der Waals surface area contributed by atoms with Gasteiger partial charge in [0.1, 0.15) is 5.82 Å². The van der Waals surface area contributed by atoms with Gasteiger partial charge in [0.25, 0.3) is 0 Å². The lowest BCUT2D eigenvalue weighted by Gasteiger charge is -2.29. The van der Waals surface area contributed by atoms with Gasteiger partial charge in [-0.05, 0) is 36.8 Å². The molecule has 0 N–H and O–H groups in total. The number of ether oxygens (including phenoxy) is 1. The van der Waals surface area contributed by atoms with Crippen LogP contribution in [0, 0.1) is 12.7 Å². The molecule has 0 fully saturated rings. The fourth-order valence-electron chi connectivity index (χ4n) is 2.56. The lowest BCUT2D eigenvalue weighted by atomic mass is 10.1. The number of fused-ring (bicyclic) bond motifs is 1. The Bertz CT molecular complexity index is 966. The van der Waals surface area contributed by atoms with E-state index in [9.17, 15) is 17.6 Å². The van der Waals surface area contributed by atoms with Crippen molar-refractivity contribution in [3.05, 3.63) is 65.0 Å². The second kappa shape index (κ2) is 5.76. The van der Waals surface area contributed by atoms with Crippen molar-refractivity contribution < 1.29 is 22.3 Å². The van der Waals surface area contributed by atoms with Gasteiger partial charge in [0.15, 0.2) is 4.91 Å². The number of hydrogen-bond acceptors (Lipinski definition) is 5. The van der Waals surface area contributed by atoms with Crippen LogP contribution in [0.25, 0.3) is 0 Å². The van der Waals surface area contributed by atoms with Crippen LogP contribution >= 0.6 is 0 Å². The maximum atomic E-state index is 13.7. The summed E-state index contributed by atoms with van der Waals surface area (Å²) in [5.74, 6) is -1.43. The average molecular weight is 347 g/mol. The van der Waals surface area contributed by atoms with E-state index in [-0.39, 0.29) is 4.90 Å². The molecule has 3 rings (SSSR count). The largest absolute Gasteiger partial charge is 0.465 e. The first kappa shape index (κ1) is 16.2. The van der Waals surface area contributed by atoms with Crippen LogP contribution in [0.4, 0.5) is 15.8 Å². The molecule has 0 saturated carbocycles. The summed E-state index contributed by atoms with van der Waals surface area (Å²) in [5, 5.41) is 0. The number of halogens is 1. The minimum atomic E-state index is -4.01. The van der Waals surface area contributed by atoms with Gasteiger partial charge in [-0.2, -0.15) is 0 Å². The number of anilines is 2. The van der Waals surface area contributed by atoms with Crippen molar-refractivity contribution >= 4 is 27.2 Å². The van der Waals surface area contributed by atoms with Gasteiger partial charge < -0.3 is 9.64 Å². The van der Waals surface area contributed by atoms with E-state index in [0.717, 1.165) is 12.7 Å². The van der Waals surface area contributed by atoms with E-state index < -0.39 is 26.5 Å². The summed E-state index contributed by atoms with van der Waals surface area (Å²) in [6.45, 7) is 1.77. The average Bonchev–Trinajstić information content (AvgIpc) is 2.57. The minimum Gasteiger partial charge on any atom is -0.465 e. The van der Waals surface area contributed by atoms with Gasteiger partial charge in [0.2, 0.25) is 9.84 Å². The van der Waals surface area contributed by atoms with Gasteiger partial charge in [-0.25, -0.2) is 17.6 Å². The Balaban J connectivity index is 2.32. The molecule has 24 heavy (non-hydrogen) atoms. The minimum absolute atomic E-state index is 0.0310. The number of nitrogens with zero attached hydrogens (tertiary/aromatic N) is 1. The first-order valence-corrected chi connectivity index (χ1v) is 8.54. The molecule has 7 heteroatoms. The van der Waals surface area contributed by atoms with Gasteiger partial charge in [0, 0.05) is 6.20 Å². The molecule has 2 aromatic rings. The van der Waals surface area contributed by atoms with E-state index in [1.54, 1.807) is 31.2 Å². The molecular weight excluding hydrogens is 333 g/mol. The smallest absolute Gasteiger partial charge is 0.351 e. The Hall–Kier alpha value is -2.67. The van der Waals surface area contributed by atoms with Crippen LogP contribution in [0.3, 0.4) is 0 Å². The number of methoxy groups -OCH3 is 1. The molecular formula is C17H14FNO4S. The fourth-order valence-corrected chi connectivity index (χ4v) is 4.05. The van der Waals surface area contributed by atoms with Crippen LogP contribution in [-0.4, -0.2) is 21.5 Å². The third-order valence-electron chi connectivity index (χ3n) is 3.77. The van der Waals surface area contributed by atoms with Crippen LogP contribution in [-0.2, 0) is 19.4 Å². The van der Waals surface area contributed by atoms with Crippen molar-refractivity contribution in [2.75, 3.05) is 12.0 Å². The number of carbonyl (C=O) groups excluding carboxylic acids is 1. The van der Waals surface area contributed by atoms with Gasteiger partial charge >= 0.3 is 5.97 Å². The number of para-hydroxylation sites is 1. The predicted molar refractivity (Wildman–Crippen MR) is 87.0 cm³/mol. The van der Waals surface area contributed by atoms with Crippen LogP contribution in [0.15, 0.2) is 58.5 Å². The number of carbonyl (C=O) groups is 1. The molecule has 0 radical (unpaired) electrons. The van der Waals surface area contributed by atoms with Crippen molar-refractivity contribution in [1.29, 1.82) is 0 Å². The number of aryl methyl sites for hydroxylation is 1. The predicted octanol–water partition coefficient (Wildman–Crippen LogP) is 3.07. The van der Waals surface area contributed by atoms with Gasteiger partial charge in [-0.3, -0.25) is 0 Å². The first-order chi connectivity index (χ1) is 11.4. The van der Waals surface area contributed by atoms with E-state index in [2.05, 4.69) is 4.74 Å². The summed E-state index contributed by atoms with van der Waals surface area (Å²) in [5.41, 5.74) is 1.52. The van der Waals surface area contributed by atoms with E-state index in [1.807, 2.05) is 0 Å². The number of sulfone groups is 1. The molecule has 0 aromatic heterocycles. The molecule has 0 spiro atoms. The Morgan fingerprint density at radius 3 is 2.54 bits per heavy atom. The standard InChI is InChI=1S/C17H14FNO4S/c1-11-7-8-12(18)9-14(11)19-10-16(17(20)23-2)24(21,22)15-6-4-3-5-13(15)19/h3-10H,1-2H3. The molecule has 0 atom stereocenters. The van der Waals surface area contributed by atoms with Crippen LogP contribution < -0.4 is 4.90 Å². The molecule has 0 saturated heterocycles. The van der Waals surface area contributed by atoms with Crippen molar-refractivity contribution in [3.8, 4) is 0 Å². The van der Waals surface area contributed by atoms with E-state index in [0.29, 0.717) is 11.4 Å². The summed E-state index contributed by atoms with van der Waals surface area (Å²) < 4.78 is 43.6. The fraction of sp³-hybridized carbons (Fsp3) is 0.118. The number of hydrogen-bond donors (Lipinski definition) is 0. The highest BCUT2D eigenvalue weighted by molar-refractivity contribution is 7.96. The lowest BCUT2D eigenvalue weighted by molar-refractivity contribution is -0.135. The first-order valence-electron chi connectivity index (χ1n) is 7.06. The summed E-state index contributed by atoms with van der Waals surface area (Å²) >= 11 is 0.